The average Bonchev–Trinajstić information content (AvgIpc) is 3.16. The molecule has 1 atom stereocenters. The smallest absolute Gasteiger partial charge is 0.0436 e. The van der Waals surface area contributed by atoms with Crippen molar-refractivity contribution in [1.82, 2.24) is 5.32 Å². The van der Waals surface area contributed by atoms with Gasteiger partial charge in [0.15, 0.2) is 0 Å². The lowest BCUT2D eigenvalue weighted by atomic mass is 9.95. The van der Waals surface area contributed by atoms with E-state index in [0.29, 0.717) is 24.0 Å². The average molecular weight is 261 g/mol. The Balaban J connectivity index is 1.95. The third kappa shape index (κ3) is 4.32. The van der Waals surface area contributed by atoms with Crippen molar-refractivity contribution in [3.05, 3.63) is 35.9 Å². The lowest BCUT2D eigenvalue weighted by molar-refractivity contribution is 0.240. The first-order valence-electron chi connectivity index (χ1n) is 7.54. The Bertz CT molecular complexity index is 370. The first-order valence-corrected chi connectivity index (χ1v) is 7.54. The quantitative estimate of drug-likeness (QED) is 0.750. The van der Waals surface area contributed by atoms with Crippen LogP contribution in [0.5, 0.6) is 0 Å². The molecule has 2 rings (SSSR count). The highest BCUT2D eigenvalue weighted by molar-refractivity contribution is 5.19. The number of benzene rings is 1. The molecule has 2 N–H and O–H groups in total. The summed E-state index contributed by atoms with van der Waals surface area (Å²) >= 11 is 0. The van der Waals surface area contributed by atoms with Gasteiger partial charge in [-0.2, -0.15) is 0 Å². The second-order valence-electron chi connectivity index (χ2n) is 6.45. The molecule has 0 aromatic heterocycles. The molecular weight excluding hydrogens is 234 g/mol. The van der Waals surface area contributed by atoms with Crippen molar-refractivity contribution in [1.29, 1.82) is 0 Å². The lowest BCUT2D eigenvalue weighted by Gasteiger charge is -2.24. The first kappa shape index (κ1) is 14.5. The van der Waals surface area contributed by atoms with Crippen LogP contribution in [0, 0.1) is 11.3 Å². The number of nitrogens with one attached hydrogen (secondary N) is 1. The highest BCUT2D eigenvalue weighted by Crippen LogP contribution is 2.48. The predicted octanol–water partition coefficient (Wildman–Crippen LogP) is 3.53. The van der Waals surface area contributed by atoms with Gasteiger partial charge in [-0.15, -0.1) is 0 Å². The van der Waals surface area contributed by atoms with Crippen LogP contribution in [0.25, 0.3) is 0 Å². The Morgan fingerprint density at radius 1 is 1.21 bits per heavy atom. The molecule has 2 heteroatoms. The fourth-order valence-corrected chi connectivity index (χ4v) is 2.76. The predicted molar refractivity (Wildman–Crippen MR) is 80.0 cm³/mol. The van der Waals surface area contributed by atoms with Gasteiger partial charge < -0.3 is 10.4 Å². The normalized spacial score (nSPS) is 18.5. The van der Waals surface area contributed by atoms with E-state index in [-0.39, 0.29) is 0 Å². The maximum absolute atomic E-state index is 9.14. The maximum atomic E-state index is 9.14. The second-order valence-corrected chi connectivity index (χ2v) is 6.45. The fraction of sp³-hybridized carbons (Fsp3) is 0.647. The number of aliphatic hydroxyl groups excluding tert-OH is 1. The van der Waals surface area contributed by atoms with Gasteiger partial charge in [0, 0.05) is 19.2 Å². The highest BCUT2D eigenvalue weighted by atomic mass is 16.3. The molecule has 0 aliphatic heterocycles. The summed E-state index contributed by atoms with van der Waals surface area (Å²) in [5.41, 5.74) is 1.77. The van der Waals surface area contributed by atoms with Crippen LogP contribution in [0.4, 0.5) is 0 Å². The first-order chi connectivity index (χ1) is 9.15. The van der Waals surface area contributed by atoms with Crippen molar-refractivity contribution in [2.24, 2.45) is 11.3 Å². The third-order valence-electron chi connectivity index (χ3n) is 4.23. The summed E-state index contributed by atoms with van der Waals surface area (Å²) in [4.78, 5) is 0. The zero-order valence-corrected chi connectivity index (χ0v) is 12.2. The minimum atomic E-state index is 0.321. The van der Waals surface area contributed by atoms with Crippen molar-refractivity contribution in [2.75, 3.05) is 13.2 Å². The van der Waals surface area contributed by atoms with Gasteiger partial charge >= 0.3 is 0 Å². The van der Waals surface area contributed by atoms with E-state index >= 15 is 0 Å². The molecule has 19 heavy (non-hydrogen) atoms. The van der Waals surface area contributed by atoms with E-state index in [4.69, 9.17) is 5.11 Å². The number of hydrogen-bond donors (Lipinski definition) is 2. The van der Waals surface area contributed by atoms with Crippen LogP contribution in [0.2, 0.25) is 0 Å². The van der Waals surface area contributed by atoms with Crippen LogP contribution in [-0.4, -0.2) is 18.3 Å². The summed E-state index contributed by atoms with van der Waals surface area (Å²) in [6.07, 6.45) is 4.65. The lowest BCUT2D eigenvalue weighted by Crippen LogP contribution is -2.29. The van der Waals surface area contributed by atoms with Gasteiger partial charge in [-0.3, -0.25) is 0 Å². The molecule has 0 bridgehead atoms. The summed E-state index contributed by atoms with van der Waals surface area (Å²) in [5.74, 6) is 0.686. The van der Waals surface area contributed by atoms with Crippen molar-refractivity contribution in [2.45, 2.75) is 45.6 Å². The van der Waals surface area contributed by atoms with Gasteiger partial charge in [-0.25, -0.2) is 0 Å². The Kier molecular flexibility index (Phi) is 5.00. The summed E-state index contributed by atoms with van der Waals surface area (Å²) < 4.78 is 0. The van der Waals surface area contributed by atoms with Gasteiger partial charge in [-0.05, 0) is 42.6 Å². The molecule has 0 radical (unpaired) electrons. The highest BCUT2D eigenvalue weighted by Gasteiger charge is 2.41. The molecule has 1 aromatic rings. The molecule has 1 aliphatic rings. The number of hydrogen-bond acceptors (Lipinski definition) is 2. The Labute approximate surface area is 117 Å². The van der Waals surface area contributed by atoms with Crippen LogP contribution >= 0.6 is 0 Å². The second kappa shape index (κ2) is 6.53. The van der Waals surface area contributed by atoms with Crippen molar-refractivity contribution < 1.29 is 5.11 Å². The molecule has 0 heterocycles. The van der Waals surface area contributed by atoms with Crippen LogP contribution in [0.3, 0.4) is 0 Å². The van der Waals surface area contributed by atoms with Crippen LogP contribution in [-0.2, 0) is 0 Å². The van der Waals surface area contributed by atoms with E-state index in [0.717, 1.165) is 13.0 Å². The van der Waals surface area contributed by atoms with Gasteiger partial charge in [0.05, 0.1) is 0 Å². The van der Waals surface area contributed by atoms with Gasteiger partial charge in [-0.1, -0.05) is 44.2 Å². The third-order valence-corrected chi connectivity index (χ3v) is 4.23. The van der Waals surface area contributed by atoms with E-state index in [2.05, 4.69) is 49.5 Å². The Hall–Kier alpha value is -0.860. The minimum Gasteiger partial charge on any atom is -0.396 e. The maximum Gasteiger partial charge on any atom is 0.0436 e. The fourth-order valence-electron chi connectivity index (χ4n) is 2.76. The topological polar surface area (TPSA) is 32.3 Å². The van der Waals surface area contributed by atoms with E-state index in [1.165, 1.54) is 24.8 Å². The minimum absolute atomic E-state index is 0.321. The monoisotopic (exact) mass is 261 g/mol. The molecule has 0 amide bonds. The van der Waals surface area contributed by atoms with Crippen LogP contribution in [0.1, 0.15) is 51.1 Å². The summed E-state index contributed by atoms with van der Waals surface area (Å²) in [6, 6.07) is 11.2. The zero-order valence-electron chi connectivity index (χ0n) is 12.2. The van der Waals surface area contributed by atoms with Crippen molar-refractivity contribution >= 4 is 0 Å². The Morgan fingerprint density at radius 3 is 2.42 bits per heavy atom. The molecular formula is C17H27NO. The van der Waals surface area contributed by atoms with Gasteiger partial charge in [0.1, 0.15) is 0 Å². The zero-order chi connectivity index (χ0) is 13.7. The van der Waals surface area contributed by atoms with Gasteiger partial charge in [0.25, 0.3) is 0 Å². The largest absolute Gasteiger partial charge is 0.396 e. The van der Waals surface area contributed by atoms with E-state index < -0.39 is 0 Å². The molecule has 1 unspecified atom stereocenters. The summed E-state index contributed by atoms with van der Waals surface area (Å²) in [5, 5.41) is 12.9. The van der Waals surface area contributed by atoms with Gasteiger partial charge in [0.2, 0.25) is 0 Å². The SMILES string of the molecule is CC(C)CC(NCC1(CCO)CC1)c1ccccc1. The van der Waals surface area contributed by atoms with Crippen LogP contribution in [0.15, 0.2) is 30.3 Å². The standard InChI is InChI=1S/C17H27NO/c1-14(2)12-16(15-6-4-3-5-7-15)18-13-17(8-9-17)10-11-19/h3-7,14,16,18-19H,8-13H2,1-2H3. The van der Waals surface area contributed by atoms with Crippen LogP contribution < -0.4 is 5.32 Å². The van der Waals surface area contributed by atoms with Crippen molar-refractivity contribution in [3.8, 4) is 0 Å². The molecule has 2 nitrogen and oxygen atoms in total. The molecule has 0 spiro atoms. The number of aliphatic hydroxyl groups is 1. The van der Waals surface area contributed by atoms with E-state index in [1.54, 1.807) is 0 Å². The van der Waals surface area contributed by atoms with E-state index in [9.17, 15) is 0 Å². The van der Waals surface area contributed by atoms with E-state index in [1.807, 2.05) is 0 Å². The molecule has 1 fully saturated rings. The molecule has 0 saturated heterocycles. The van der Waals surface area contributed by atoms with Crippen molar-refractivity contribution in [3.63, 3.8) is 0 Å². The number of rotatable bonds is 8. The molecule has 1 saturated carbocycles. The summed E-state index contributed by atoms with van der Waals surface area (Å²) in [6.45, 7) is 5.91. The summed E-state index contributed by atoms with van der Waals surface area (Å²) in [7, 11) is 0. The molecule has 1 aliphatic carbocycles. The molecule has 106 valence electrons. The Morgan fingerprint density at radius 2 is 1.89 bits per heavy atom. The molecule has 1 aromatic carbocycles.